The molecular weight excluding hydrogens is 408 g/mol. The lowest BCUT2D eigenvalue weighted by Gasteiger charge is -2.38. The van der Waals surface area contributed by atoms with Crippen molar-refractivity contribution in [2.24, 2.45) is 5.41 Å². The summed E-state index contributed by atoms with van der Waals surface area (Å²) in [5, 5.41) is 19.5. The van der Waals surface area contributed by atoms with E-state index < -0.39 is 23.6 Å². The molecule has 2 N–H and O–H groups in total. The van der Waals surface area contributed by atoms with E-state index in [0.29, 0.717) is 11.5 Å². The predicted octanol–water partition coefficient (Wildman–Crippen LogP) is 4.10. The van der Waals surface area contributed by atoms with Crippen molar-refractivity contribution in [2.75, 3.05) is 27.4 Å². The average Bonchev–Trinajstić information content (AvgIpc) is 2.85. The van der Waals surface area contributed by atoms with Crippen molar-refractivity contribution in [3.63, 3.8) is 0 Å². The summed E-state index contributed by atoms with van der Waals surface area (Å²) < 4.78 is 17.2. The van der Waals surface area contributed by atoms with Crippen LogP contribution in [0.5, 0.6) is 11.5 Å². The Morgan fingerprint density at radius 3 is 1.59 bits per heavy atom. The van der Waals surface area contributed by atoms with E-state index in [-0.39, 0.29) is 6.61 Å². The molecule has 0 aromatic heterocycles. The maximum Gasteiger partial charge on any atom is 0.314 e. The number of hydrogen-bond acceptors (Lipinski definition) is 5. The minimum absolute atomic E-state index is 0.216. The molecule has 1 atom stereocenters. The highest BCUT2D eigenvalue weighted by Crippen LogP contribution is 2.42. The molecular formula is C26H28O6. The molecule has 0 bridgehead atoms. The lowest BCUT2D eigenvalue weighted by molar-refractivity contribution is -0.158. The molecule has 3 rings (SSSR count). The van der Waals surface area contributed by atoms with Gasteiger partial charge in [-0.15, -0.1) is 0 Å². The molecule has 0 aliphatic rings. The van der Waals surface area contributed by atoms with Crippen LogP contribution in [-0.4, -0.2) is 43.6 Å². The molecule has 0 aliphatic heterocycles. The van der Waals surface area contributed by atoms with Crippen molar-refractivity contribution >= 4 is 5.97 Å². The van der Waals surface area contributed by atoms with Crippen molar-refractivity contribution in [3.8, 4) is 11.5 Å². The number of methoxy groups -OCH3 is 2. The highest BCUT2D eigenvalue weighted by molar-refractivity contribution is 5.74. The maximum absolute atomic E-state index is 11.9. The van der Waals surface area contributed by atoms with Crippen LogP contribution in [0.15, 0.2) is 78.9 Å². The van der Waals surface area contributed by atoms with Gasteiger partial charge in [0.25, 0.3) is 0 Å². The number of ether oxygens (including phenoxy) is 3. The van der Waals surface area contributed by atoms with Gasteiger partial charge < -0.3 is 24.4 Å². The Bertz CT molecular complexity index is 967. The first-order chi connectivity index (χ1) is 15.4. The van der Waals surface area contributed by atoms with E-state index in [0.717, 1.165) is 16.7 Å². The lowest BCUT2D eigenvalue weighted by atomic mass is 9.79. The number of carbonyl (C=O) groups is 1. The van der Waals surface area contributed by atoms with Crippen LogP contribution in [0.3, 0.4) is 0 Å². The van der Waals surface area contributed by atoms with E-state index >= 15 is 0 Å². The van der Waals surface area contributed by atoms with Gasteiger partial charge in [-0.25, -0.2) is 0 Å². The van der Waals surface area contributed by atoms with E-state index in [1.54, 1.807) is 14.2 Å². The number of hydrogen-bond donors (Lipinski definition) is 2. The van der Waals surface area contributed by atoms with E-state index in [9.17, 15) is 15.0 Å². The minimum Gasteiger partial charge on any atom is -0.497 e. The number of aliphatic carboxylic acids is 1. The van der Waals surface area contributed by atoms with E-state index in [1.165, 1.54) is 6.92 Å². The second kappa shape index (κ2) is 9.85. The summed E-state index contributed by atoms with van der Waals surface area (Å²) in [4.78, 5) is 11.9. The number of rotatable bonds is 10. The van der Waals surface area contributed by atoms with Gasteiger partial charge in [0, 0.05) is 0 Å². The van der Waals surface area contributed by atoms with Crippen LogP contribution < -0.4 is 9.47 Å². The Morgan fingerprint density at radius 2 is 1.22 bits per heavy atom. The lowest BCUT2D eigenvalue weighted by Crippen LogP contribution is -2.42. The Hall–Kier alpha value is -3.35. The summed E-state index contributed by atoms with van der Waals surface area (Å²) in [6, 6.07) is 24.5. The Labute approximate surface area is 188 Å². The molecule has 0 aliphatic carbocycles. The summed E-state index contributed by atoms with van der Waals surface area (Å²) in [6.45, 7) is 0.692. The zero-order valence-corrected chi connectivity index (χ0v) is 18.4. The first-order valence-corrected chi connectivity index (χ1v) is 10.2. The molecule has 0 saturated heterocycles. The van der Waals surface area contributed by atoms with Gasteiger partial charge in [0.1, 0.15) is 22.5 Å². The first kappa shape index (κ1) is 23.3. The van der Waals surface area contributed by atoms with E-state index in [2.05, 4.69) is 0 Å². The predicted molar refractivity (Wildman–Crippen MR) is 121 cm³/mol. The van der Waals surface area contributed by atoms with Gasteiger partial charge in [-0.05, 0) is 47.9 Å². The average molecular weight is 437 g/mol. The highest BCUT2D eigenvalue weighted by atomic mass is 16.5. The smallest absolute Gasteiger partial charge is 0.314 e. The fourth-order valence-corrected chi connectivity index (χ4v) is 3.52. The number of carboxylic acids is 1. The fourth-order valence-electron chi connectivity index (χ4n) is 3.52. The van der Waals surface area contributed by atoms with Crippen LogP contribution in [-0.2, 0) is 15.1 Å². The van der Waals surface area contributed by atoms with Crippen molar-refractivity contribution in [3.05, 3.63) is 95.6 Å². The van der Waals surface area contributed by atoms with Gasteiger partial charge in [0.15, 0.2) is 0 Å². The largest absolute Gasteiger partial charge is 0.497 e. The molecule has 0 heterocycles. The van der Waals surface area contributed by atoms with Crippen LogP contribution in [0.1, 0.15) is 23.6 Å². The molecule has 1 unspecified atom stereocenters. The Kier molecular flexibility index (Phi) is 7.18. The van der Waals surface area contributed by atoms with Crippen molar-refractivity contribution < 1.29 is 29.2 Å². The molecule has 6 heteroatoms. The van der Waals surface area contributed by atoms with Gasteiger partial charge in [-0.3, -0.25) is 4.79 Å². The summed E-state index contributed by atoms with van der Waals surface area (Å²) in [5.41, 5.74) is -0.202. The standard InChI is InChI=1S/C26H28O6/c1-25(17-27,24(28)29)18-32-26(19-7-5-4-6-8-19,20-9-13-22(30-2)14-10-20)21-11-15-23(31-3)16-12-21/h4-16,27H,17-18H2,1-3H3,(H,28,29). The summed E-state index contributed by atoms with van der Waals surface area (Å²) >= 11 is 0. The molecule has 3 aromatic rings. The van der Waals surface area contributed by atoms with E-state index in [4.69, 9.17) is 14.2 Å². The highest BCUT2D eigenvalue weighted by Gasteiger charge is 2.42. The maximum atomic E-state index is 11.9. The molecule has 0 spiro atoms. The third kappa shape index (κ3) is 4.47. The summed E-state index contributed by atoms with van der Waals surface area (Å²) in [6.07, 6.45) is 0. The van der Waals surface area contributed by atoms with Crippen molar-refractivity contribution in [1.82, 2.24) is 0 Å². The molecule has 0 saturated carbocycles. The van der Waals surface area contributed by atoms with Crippen LogP contribution in [0, 0.1) is 5.41 Å². The van der Waals surface area contributed by atoms with Crippen LogP contribution in [0.2, 0.25) is 0 Å². The van der Waals surface area contributed by atoms with Crippen LogP contribution in [0.25, 0.3) is 0 Å². The molecule has 168 valence electrons. The van der Waals surface area contributed by atoms with Gasteiger partial charge in [0.2, 0.25) is 0 Å². The fraction of sp³-hybridized carbons (Fsp3) is 0.269. The van der Waals surface area contributed by atoms with Crippen molar-refractivity contribution in [2.45, 2.75) is 12.5 Å². The van der Waals surface area contributed by atoms with Crippen molar-refractivity contribution in [1.29, 1.82) is 0 Å². The van der Waals surface area contributed by atoms with Gasteiger partial charge in [-0.1, -0.05) is 54.6 Å². The van der Waals surface area contributed by atoms with Crippen LogP contribution in [0.4, 0.5) is 0 Å². The SMILES string of the molecule is COc1ccc(C(OCC(C)(CO)C(=O)O)(c2ccccc2)c2ccc(OC)cc2)cc1. The van der Waals surface area contributed by atoms with Gasteiger partial charge in [0.05, 0.1) is 27.4 Å². The summed E-state index contributed by atoms with van der Waals surface area (Å²) in [5.74, 6) is 0.249. The van der Waals surface area contributed by atoms with Gasteiger partial charge >= 0.3 is 5.97 Å². The van der Waals surface area contributed by atoms with Crippen LogP contribution >= 0.6 is 0 Å². The number of aliphatic hydroxyl groups excluding tert-OH is 1. The quantitative estimate of drug-likeness (QED) is 0.466. The molecule has 6 nitrogen and oxygen atoms in total. The minimum atomic E-state index is -1.47. The number of benzene rings is 3. The zero-order chi connectivity index (χ0) is 23.2. The molecule has 0 fully saturated rings. The topological polar surface area (TPSA) is 85.2 Å². The second-order valence-electron chi connectivity index (χ2n) is 7.82. The molecule has 0 amide bonds. The normalized spacial score (nSPS) is 13.2. The molecule has 3 aromatic carbocycles. The number of carboxylic acid groups (broad SMARTS) is 1. The zero-order valence-electron chi connectivity index (χ0n) is 18.4. The summed E-state index contributed by atoms with van der Waals surface area (Å²) in [7, 11) is 3.19. The van der Waals surface area contributed by atoms with E-state index in [1.807, 2.05) is 78.9 Å². The third-order valence-electron chi connectivity index (χ3n) is 5.65. The molecule has 0 radical (unpaired) electrons. The molecule has 32 heavy (non-hydrogen) atoms. The number of aliphatic hydroxyl groups is 1. The van der Waals surface area contributed by atoms with Gasteiger partial charge in [-0.2, -0.15) is 0 Å². The second-order valence-corrected chi connectivity index (χ2v) is 7.82. The third-order valence-corrected chi connectivity index (χ3v) is 5.65. The monoisotopic (exact) mass is 436 g/mol. The Morgan fingerprint density at radius 1 is 0.781 bits per heavy atom. The first-order valence-electron chi connectivity index (χ1n) is 10.2. The Balaban J connectivity index is 2.24.